The smallest absolute Gasteiger partial charge is 0.292 e. The summed E-state index contributed by atoms with van der Waals surface area (Å²) >= 11 is 5.94. The van der Waals surface area contributed by atoms with Gasteiger partial charge in [0.15, 0.2) is 0 Å². The van der Waals surface area contributed by atoms with Gasteiger partial charge in [-0.25, -0.2) is 9.97 Å². The van der Waals surface area contributed by atoms with Crippen LogP contribution >= 0.6 is 11.6 Å². The van der Waals surface area contributed by atoms with Gasteiger partial charge in [-0.05, 0) is 25.0 Å². The van der Waals surface area contributed by atoms with E-state index in [0.717, 1.165) is 17.1 Å². The van der Waals surface area contributed by atoms with Gasteiger partial charge >= 0.3 is 0 Å². The quantitative estimate of drug-likeness (QED) is 0.463. The molecule has 1 aromatic heterocycles. The number of piperidine rings is 1. The lowest BCUT2D eigenvalue weighted by Gasteiger charge is -2.32. The topological polar surface area (TPSA) is 101 Å². The van der Waals surface area contributed by atoms with E-state index in [2.05, 4.69) is 20.2 Å². The number of aromatic nitrogens is 2. The minimum atomic E-state index is -0.534. The molecule has 9 heteroatoms. The third kappa shape index (κ3) is 4.80. The lowest BCUT2D eigenvalue weighted by atomic mass is 9.95. The molecule has 3 aromatic rings. The fourth-order valence-corrected chi connectivity index (χ4v) is 3.83. The molecule has 0 radical (unpaired) electrons. The predicted molar refractivity (Wildman–Crippen MR) is 119 cm³/mol. The van der Waals surface area contributed by atoms with Crippen molar-refractivity contribution >= 4 is 34.7 Å². The van der Waals surface area contributed by atoms with Gasteiger partial charge < -0.3 is 10.2 Å². The van der Waals surface area contributed by atoms with Crippen LogP contribution in [0.5, 0.6) is 0 Å². The molecule has 8 nitrogen and oxygen atoms in total. The summed E-state index contributed by atoms with van der Waals surface area (Å²) in [5.74, 6) is 0.334. The Bertz CT molecular complexity index is 1100. The standard InChI is InChI=1S/C22H20ClN5O3/c23-17-6-7-20(28(30)31)19(12-17)26-22(29)16-8-10-27(11-9-16)21-13-18(24-14-25-21)15-4-2-1-3-5-15/h1-7,12-14,16H,8-11H2,(H,26,29). The Balaban J connectivity index is 1.41. The minimum Gasteiger partial charge on any atom is -0.356 e. The van der Waals surface area contributed by atoms with Gasteiger partial charge in [0.1, 0.15) is 17.8 Å². The second kappa shape index (κ2) is 9.09. The molecular weight excluding hydrogens is 418 g/mol. The Kier molecular flexibility index (Phi) is 6.08. The molecule has 1 amide bonds. The van der Waals surface area contributed by atoms with Gasteiger partial charge in [-0.15, -0.1) is 0 Å². The summed E-state index contributed by atoms with van der Waals surface area (Å²) in [6.07, 6.45) is 2.78. The number of hydrogen-bond acceptors (Lipinski definition) is 6. The van der Waals surface area contributed by atoms with Crippen molar-refractivity contribution in [2.24, 2.45) is 5.92 Å². The highest BCUT2D eigenvalue weighted by atomic mass is 35.5. The molecule has 0 unspecified atom stereocenters. The van der Waals surface area contributed by atoms with Gasteiger partial charge in [0.05, 0.1) is 10.6 Å². The molecule has 2 heterocycles. The molecule has 0 bridgehead atoms. The number of benzene rings is 2. The number of nitrogens with one attached hydrogen (secondary N) is 1. The highest BCUT2D eigenvalue weighted by Gasteiger charge is 2.27. The third-order valence-electron chi connectivity index (χ3n) is 5.33. The highest BCUT2D eigenvalue weighted by Crippen LogP contribution is 2.30. The van der Waals surface area contributed by atoms with E-state index in [0.29, 0.717) is 31.0 Å². The van der Waals surface area contributed by atoms with Crippen molar-refractivity contribution in [2.45, 2.75) is 12.8 Å². The van der Waals surface area contributed by atoms with Crippen LogP contribution in [0.3, 0.4) is 0 Å². The first-order valence-corrected chi connectivity index (χ1v) is 10.3. The van der Waals surface area contributed by atoms with Gasteiger partial charge in [0.2, 0.25) is 5.91 Å². The SMILES string of the molecule is O=C(Nc1cc(Cl)ccc1[N+](=O)[O-])C1CCN(c2cc(-c3ccccc3)ncn2)CC1. The maximum absolute atomic E-state index is 12.7. The number of nitro groups is 1. The summed E-state index contributed by atoms with van der Waals surface area (Å²) in [4.78, 5) is 34.3. The number of carbonyl (C=O) groups excluding carboxylic acids is 1. The first kappa shape index (κ1) is 20.7. The van der Waals surface area contributed by atoms with E-state index in [9.17, 15) is 14.9 Å². The molecule has 1 saturated heterocycles. The van der Waals surface area contributed by atoms with Crippen LogP contribution in [0, 0.1) is 16.0 Å². The minimum absolute atomic E-state index is 0.119. The lowest BCUT2D eigenvalue weighted by molar-refractivity contribution is -0.383. The molecular formula is C22H20ClN5O3. The van der Waals surface area contributed by atoms with E-state index in [4.69, 9.17) is 11.6 Å². The third-order valence-corrected chi connectivity index (χ3v) is 5.56. The van der Waals surface area contributed by atoms with Crippen LogP contribution in [0.4, 0.5) is 17.2 Å². The Morgan fingerprint density at radius 1 is 1.10 bits per heavy atom. The number of carbonyl (C=O) groups is 1. The number of nitro benzene ring substituents is 1. The lowest BCUT2D eigenvalue weighted by Crippen LogP contribution is -2.38. The second-order valence-electron chi connectivity index (χ2n) is 7.30. The van der Waals surface area contributed by atoms with Gasteiger partial charge in [0, 0.05) is 41.7 Å². The molecule has 0 saturated carbocycles. The van der Waals surface area contributed by atoms with E-state index in [-0.39, 0.29) is 23.2 Å². The maximum atomic E-state index is 12.7. The van der Waals surface area contributed by atoms with Crippen LogP contribution < -0.4 is 10.2 Å². The molecule has 0 aliphatic carbocycles. The van der Waals surface area contributed by atoms with E-state index < -0.39 is 4.92 Å². The summed E-state index contributed by atoms with van der Waals surface area (Å²) in [5, 5.41) is 14.2. The van der Waals surface area contributed by atoms with E-state index in [1.807, 2.05) is 36.4 Å². The zero-order chi connectivity index (χ0) is 21.8. The van der Waals surface area contributed by atoms with E-state index in [1.165, 1.54) is 18.2 Å². The number of amides is 1. The van der Waals surface area contributed by atoms with Crippen molar-refractivity contribution in [3.8, 4) is 11.3 Å². The van der Waals surface area contributed by atoms with Crippen LogP contribution in [0.2, 0.25) is 5.02 Å². The van der Waals surface area contributed by atoms with Crippen LogP contribution in [-0.2, 0) is 4.79 Å². The van der Waals surface area contributed by atoms with Crippen molar-refractivity contribution in [3.05, 3.63) is 76.1 Å². The Labute approximate surface area is 184 Å². The number of anilines is 2. The molecule has 1 fully saturated rings. The number of nitrogens with zero attached hydrogens (tertiary/aromatic N) is 4. The fourth-order valence-electron chi connectivity index (χ4n) is 3.66. The molecule has 4 rings (SSSR count). The molecule has 0 spiro atoms. The Morgan fingerprint density at radius 2 is 1.84 bits per heavy atom. The van der Waals surface area contributed by atoms with E-state index in [1.54, 1.807) is 6.33 Å². The maximum Gasteiger partial charge on any atom is 0.292 e. The molecule has 0 atom stereocenters. The van der Waals surface area contributed by atoms with Crippen LogP contribution in [-0.4, -0.2) is 33.9 Å². The summed E-state index contributed by atoms with van der Waals surface area (Å²) in [5.41, 5.74) is 1.81. The average molecular weight is 438 g/mol. The highest BCUT2D eigenvalue weighted by molar-refractivity contribution is 6.31. The summed E-state index contributed by atoms with van der Waals surface area (Å²) in [7, 11) is 0. The van der Waals surface area contributed by atoms with Gasteiger partial charge in [-0.2, -0.15) is 0 Å². The monoisotopic (exact) mass is 437 g/mol. The Morgan fingerprint density at radius 3 is 2.55 bits per heavy atom. The number of hydrogen-bond donors (Lipinski definition) is 1. The van der Waals surface area contributed by atoms with Crippen molar-refractivity contribution < 1.29 is 9.72 Å². The fraction of sp³-hybridized carbons (Fsp3) is 0.227. The molecule has 1 N–H and O–H groups in total. The van der Waals surface area contributed by atoms with Gasteiger partial charge in [-0.1, -0.05) is 41.9 Å². The van der Waals surface area contributed by atoms with Gasteiger partial charge in [-0.3, -0.25) is 14.9 Å². The first-order chi connectivity index (χ1) is 15.0. The van der Waals surface area contributed by atoms with Crippen molar-refractivity contribution in [1.82, 2.24) is 9.97 Å². The second-order valence-corrected chi connectivity index (χ2v) is 7.73. The summed E-state index contributed by atoms with van der Waals surface area (Å²) in [6, 6.07) is 16.0. The molecule has 1 aliphatic heterocycles. The van der Waals surface area contributed by atoms with Crippen LogP contribution in [0.15, 0.2) is 60.9 Å². The summed E-state index contributed by atoms with van der Waals surface area (Å²) in [6.45, 7) is 1.31. The number of rotatable bonds is 5. The molecule has 2 aromatic carbocycles. The average Bonchev–Trinajstić information content (AvgIpc) is 2.80. The largest absolute Gasteiger partial charge is 0.356 e. The Hall–Kier alpha value is -3.52. The van der Waals surface area contributed by atoms with Crippen molar-refractivity contribution in [2.75, 3.05) is 23.3 Å². The zero-order valence-corrected chi connectivity index (χ0v) is 17.3. The molecule has 1 aliphatic rings. The normalized spacial score (nSPS) is 14.3. The molecule has 31 heavy (non-hydrogen) atoms. The summed E-state index contributed by atoms with van der Waals surface area (Å²) < 4.78 is 0. The number of halogens is 1. The van der Waals surface area contributed by atoms with Crippen LogP contribution in [0.1, 0.15) is 12.8 Å². The first-order valence-electron chi connectivity index (χ1n) is 9.88. The van der Waals surface area contributed by atoms with E-state index >= 15 is 0 Å². The van der Waals surface area contributed by atoms with Crippen molar-refractivity contribution in [1.29, 1.82) is 0 Å². The zero-order valence-electron chi connectivity index (χ0n) is 16.6. The molecule has 158 valence electrons. The van der Waals surface area contributed by atoms with Gasteiger partial charge in [0.25, 0.3) is 5.69 Å². The predicted octanol–water partition coefficient (Wildman–Crippen LogP) is 4.56. The van der Waals surface area contributed by atoms with Crippen LogP contribution in [0.25, 0.3) is 11.3 Å². The van der Waals surface area contributed by atoms with Crippen molar-refractivity contribution in [3.63, 3.8) is 0 Å².